The summed E-state index contributed by atoms with van der Waals surface area (Å²) in [5, 5.41) is 14.0. The highest BCUT2D eigenvalue weighted by atomic mass is 79.9. The Morgan fingerprint density at radius 3 is 2.59 bits per heavy atom. The van der Waals surface area contributed by atoms with Crippen LogP contribution < -0.4 is 5.32 Å². The molecule has 116 valence electrons. The maximum absolute atomic E-state index is 11.0. The maximum atomic E-state index is 11.0. The number of nitrogens with one attached hydrogen (secondary N) is 1. The third kappa shape index (κ3) is 4.96. The molecule has 2 rings (SSSR count). The molecule has 0 spiro atoms. The summed E-state index contributed by atoms with van der Waals surface area (Å²) in [4.78, 5) is 21.2. The van der Waals surface area contributed by atoms with Crippen LogP contribution >= 0.6 is 15.9 Å². The molecule has 2 aromatic rings. The smallest absolute Gasteiger partial charge is 0.293 e. The third-order valence-corrected chi connectivity index (χ3v) is 3.22. The molecule has 0 fully saturated rings. The monoisotopic (exact) mass is 364 g/mol. The Morgan fingerprint density at radius 2 is 1.95 bits per heavy atom. The van der Waals surface area contributed by atoms with E-state index >= 15 is 0 Å². The Bertz CT molecular complexity index is 660. The van der Waals surface area contributed by atoms with Gasteiger partial charge in [0.15, 0.2) is 0 Å². The number of nitrogens with zero attached hydrogens (tertiary/aromatic N) is 1. The molecule has 0 unspecified atom stereocenters. The average molecular weight is 365 g/mol. The summed E-state index contributed by atoms with van der Waals surface area (Å²) in [5.41, 5.74) is 1.90. The van der Waals surface area contributed by atoms with Crippen molar-refractivity contribution in [2.45, 2.75) is 20.4 Å². The lowest BCUT2D eigenvalue weighted by molar-refractivity contribution is -0.384. The molecule has 22 heavy (non-hydrogen) atoms. The minimum absolute atomic E-state index is 0.00548. The first-order chi connectivity index (χ1) is 10.6. The number of benzene rings is 2. The molecular weight excluding hydrogens is 348 g/mol. The van der Waals surface area contributed by atoms with E-state index in [1.807, 2.05) is 19.9 Å². The summed E-state index contributed by atoms with van der Waals surface area (Å²) in [6, 6.07) is 11.9. The van der Waals surface area contributed by atoms with Crippen molar-refractivity contribution >= 4 is 33.6 Å². The quantitative estimate of drug-likeness (QED) is 0.469. The molecule has 0 amide bonds. The van der Waals surface area contributed by atoms with E-state index in [-0.39, 0.29) is 5.69 Å². The first-order valence-corrected chi connectivity index (χ1v) is 7.61. The molecule has 0 radical (unpaired) electrons. The molecule has 0 aliphatic carbocycles. The van der Waals surface area contributed by atoms with Crippen molar-refractivity contribution in [3.63, 3.8) is 0 Å². The van der Waals surface area contributed by atoms with E-state index in [0.717, 1.165) is 11.8 Å². The van der Waals surface area contributed by atoms with Gasteiger partial charge in [-0.1, -0.05) is 48.0 Å². The largest absolute Gasteiger partial charge is 0.375 e. The molecule has 0 aliphatic rings. The van der Waals surface area contributed by atoms with Crippen LogP contribution in [-0.2, 0) is 6.54 Å². The number of aldehydes is 1. The van der Waals surface area contributed by atoms with Gasteiger partial charge in [0, 0.05) is 22.6 Å². The highest BCUT2D eigenvalue weighted by Gasteiger charge is 2.13. The highest BCUT2D eigenvalue weighted by molar-refractivity contribution is 9.10. The zero-order valence-corrected chi connectivity index (χ0v) is 14.0. The van der Waals surface area contributed by atoms with E-state index < -0.39 is 4.92 Å². The van der Waals surface area contributed by atoms with E-state index in [9.17, 15) is 14.9 Å². The van der Waals surface area contributed by atoms with Crippen molar-refractivity contribution in [3.8, 4) is 0 Å². The lowest BCUT2D eigenvalue weighted by atomic mass is 10.1. The number of nitro benzene ring substituents is 1. The summed E-state index contributed by atoms with van der Waals surface area (Å²) in [6.45, 7) is 4.41. The molecule has 1 N–H and O–H groups in total. The maximum Gasteiger partial charge on any atom is 0.293 e. The molecule has 0 aromatic heterocycles. The van der Waals surface area contributed by atoms with Crippen LogP contribution in [0.4, 0.5) is 11.4 Å². The standard InChI is InChI=1S/C14H11BrN2O3.C2H6/c15-12-4-5-13(14(7-12)17(19)20)16-8-10-2-1-3-11(6-10)9-18;1-2/h1-7,9,16H,8H2;1-2H3. The van der Waals surface area contributed by atoms with Crippen LogP contribution in [0, 0.1) is 10.1 Å². The predicted molar refractivity (Wildman–Crippen MR) is 91.3 cm³/mol. The molecule has 0 heterocycles. The normalized spacial score (nSPS) is 9.41. The average Bonchev–Trinajstić information content (AvgIpc) is 2.55. The fourth-order valence-corrected chi connectivity index (χ4v) is 2.13. The second-order valence-corrected chi connectivity index (χ2v) is 5.05. The van der Waals surface area contributed by atoms with Gasteiger partial charge in [-0.05, 0) is 23.8 Å². The van der Waals surface area contributed by atoms with Gasteiger partial charge in [0.2, 0.25) is 0 Å². The zero-order valence-electron chi connectivity index (χ0n) is 12.4. The molecule has 0 saturated carbocycles. The highest BCUT2D eigenvalue weighted by Crippen LogP contribution is 2.28. The second-order valence-electron chi connectivity index (χ2n) is 4.14. The van der Waals surface area contributed by atoms with Crippen LogP contribution in [0.5, 0.6) is 0 Å². The molecule has 0 bridgehead atoms. The van der Waals surface area contributed by atoms with Crippen molar-refractivity contribution in [1.29, 1.82) is 0 Å². The van der Waals surface area contributed by atoms with Crippen molar-refractivity contribution in [1.82, 2.24) is 0 Å². The summed E-state index contributed by atoms with van der Waals surface area (Å²) >= 11 is 3.21. The third-order valence-electron chi connectivity index (χ3n) is 2.73. The second kappa shape index (κ2) is 8.94. The van der Waals surface area contributed by atoms with E-state index in [4.69, 9.17) is 0 Å². The molecule has 0 aliphatic heterocycles. The predicted octanol–water partition coefficient (Wildman–Crippen LogP) is 4.81. The number of hydrogen-bond donors (Lipinski definition) is 1. The van der Waals surface area contributed by atoms with Crippen LogP contribution in [0.15, 0.2) is 46.9 Å². The van der Waals surface area contributed by atoms with Crippen LogP contribution in [0.1, 0.15) is 29.8 Å². The van der Waals surface area contributed by atoms with E-state index in [1.54, 1.807) is 30.3 Å². The van der Waals surface area contributed by atoms with Crippen molar-refractivity contribution in [2.24, 2.45) is 0 Å². The first-order valence-electron chi connectivity index (χ1n) is 6.82. The van der Waals surface area contributed by atoms with E-state index in [1.165, 1.54) is 6.07 Å². The van der Waals surface area contributed by atoms with Gasteiger partial charge in [0.1, 0.15) is 12.0 Å². The van der Waals surface area contributed by atoms with Gasteiger partial charge in [-0.25, -0.2) is 0 Å². The Balaban J connectivity index is 0.00000116. The zero-order chi connectivity index (χ0) is 16.5. The lowest BCUT2D eigenvalue weighted by Crippen LogP contribution is -2.03. The lowest BCUT2D eigenvalue weighted by Gasteiger charge is -2.08. The number of hydrogen-bond acceptors (Lipinski definition) is 4. The number of nitro groups is 1. The van der Waals surface area contributed by atoms with Crippen LogP contribution in [-0.4, -0.2) is 11.2 Å². The Morgan fingerprint density at radius 1 is 1.23 bits per heavy atom. The fraction of sp³-hybridized carbons (Fsp3) is 0.188. The molecular formula is C16H17BrN2O3. The number of anilines is 1. The molecule has 5 nitrogen and oxygen atoms in total. The summed E-state index contributed by atoms with van der Waals surface area (Å²) in [6.07, 6.45) is 0.769. The summed E-state index contributed by atoms with van der Waals surface area (Å²) in [7, 11) is 0. The number of rotatable bonds is 5. The Labute approximate surface area is 137 Å². The Hall–Kier alpha value is -2.21. The molecule has 6 heteroatoms. The van der Waals surface area contributed by atoms with Gasteiger partial charge in [-0.15, -0.1) is 0 Å². The fourth-order valence-electron chi connectivity index (χ4n) is 1.78. The van der Waals surface area contributed by atoms with Gasteiger partial charge in [0.25, 0.3) is 5.69 Å². The minimum Gasteiger partial charge on any atom is -0.375 e. The van der Waals surface area contributed by atoms with Crippen molar-refractivity contribution in [3.05, 3.63) is 68.2 Å². The van der Waals surface area contributed by atoms with Gasteiger partial charge in [-0.2, -0.15) is 0 Å². The van der Waals surface area contributed by atoms with Gasteiger partial charge in [0.05, 0.1) is 4.92 Å². The molecule has 2 aromatic carbocycles. The van der Waals surface area contributed by atoms with Gasteiger partial charge in [-0.3, -0.25) is 14.9 Å². The minimum atomic E-state index is -0.436. The SMILES string of the molecule is CC.O=Cc1cccc(CNc2ccc(Br)cc2[N+](=O)[O-])c1. The van der Waals surface area contributed by atoms with Crippen LogP contribution in [0.2, 0.25) is 0 Å². The van der Waals surface area contributed by atoms with Crippen molar-refractivity contribution in [2.75, 3.05) is 5.32 Å². The first kappa shape index (κ1) is 17.8. The topological polar surface area (TPSA) is 72.2 Å². The van der Waals surface area contributed by atoms with Gasteiger partial charge < -0.3 is 5.32 Å². The summed E-state index contributed by atoms with van der Waals surface area (Å²) < 4.78 is 0.651. The summed E-state index contributed by atoms with van der Waals surface area (Å²) in [5.74, 6) is 0. The van der Waals surface area contributed by atoms with Gasteiger partial charge >= 0.3 is 0 Å². The van der Waals surface area contributed by atoms with E-state index in [0.29, 0.717) is 22.3 Å². The Kier molecular flexibility index (Phi) is 7.25. The van der Waals surface area contributed by atoms with Crippen LogP contribution in [0.3, 0.4) is 0 Å². The van der Waals surface area contributed by atoms with Crippen molar-refractivity contribution < 1.29 is 9.72 Å². The number of carbonyl (C=O) groups is 1. The molecule has 0 saturated heterocycles. The van der Waals surface area contributed by atoms with E-state index in [2.05, 4.69) is 21.2 Å². The number of halogens is 1. The van der Waals surface area contributed by atoms with Crippen LogP contribution in [0.25, 0.3) is 0 Å². The number of carbonyl (C=O) groups excluding carboxylic acids is 1. The molecule has 0 atom stereocenters.